The summed E-state index contributed by atoms with van der Waals surface area (Å²) in [7, 11) is 4.02. The van der Waals surface area contributed by atoms with Crippen LogP contribution in [0.15, 0.2) is 53.6 Å². The Morgan fingerprint density at radius 2 is 2.00 bits per heavy atom. The molecule has 2 aromatic carbocycles. The molecule has 0 atom stereocenters. The number of H-pyrrole nitrogens is 1. The average Bonchev–Trinajstić information content (AvgIpc) is 3.01. The van der Waals surface area contributed by atoms with Crippen LogP contribution in [0, 0.1) is 4.77 Å². The van der Waals surface area contributed by atoms with Gasteiger partial charge in [-0.25, -0.2) is 5.10 Å². The van der Waals surface area contributed by atoms with Crippen LogP contribution < -0.4 is 9.64 Å². The molecule has 0 spiro atoms. The third-order valence-corrected chi connectivity index (χ3v) is 4.05. The van der Waals surface area contributed by atoms with Crippen molar-refractivity contribution in [1.29, 1.82) is 0 Å². The molecule has 0 amide bonds. The molecule has 0 fully saturated rings. The molecule has 3 rings (SSSR count). The van der Waals surface area contributed by atoms with Crippen molar-refractivity contribution in [2.45, 2.75) is 6.92 Å². The van der Waals surface area contributed by atoms with Gasteiger partial charge in [0.25, 0.3) is 0 Å². The summed E-state index contributed by atoms with van der Waals surface area (Å²) in [5, 5.41) is 11.6. The highest BCUT2D eigenvalue weighted by Crippen LogP contribution is 2.22. The standard InChI is InChI=1S/C19H21N5OS/c1-4-25-17-7-5-6-15(12-17)18-21-22-19(26)24(18)20-13-14-8-10-16(11-9-14)23(2)3/h5-13H,4H2,1-3H3,(H,22,26). The average molecular weight is 367 g/mol. The number of aromatic amines is 1. The molecule has 0 bridgehead atoms. The molecule has 0 aliphatic carbocycles. The minimum absolute atomic E-state index is 0.433. The Hall–Kier alpha value is -2.93. The normalized spacial score (nSPS) is 11.0. The van der Waals surface area contributed by atoms with Crippen LogP contribution in [0.5, 0.6) is 5.75 Å². The number of hydrogen-bond acceptors (Lipinski definition) is 5. The molecular formula is C19H21N5OS. The van der Waals surface area contributed by atoms with Gasteiger partial charge >= 0.3 is 0 Å². The van der Waals surface area contributed by atoms with Crippen molar-refractivity contribution in [3.63, 3.8) is 0 Å². The summed E-state index contributed by atoms with van der Waals surface area (Å²) in [6, 6.07) is 15.8. The largest absolute Gasteiger partial charge is 0.494 e. The van der Waals surface area contributed by atoms with Gasteiger partial charge in [0.2, 0.25) is 4.77 Å². The van der Waals surface area contributed by atoms with E-state index in [2.05, 4.69) is 20.2 Å². The lowest BCUT2D eigenvalue weighted by Crippen LogP contribution is -2.08. The lowest BCUT2D eigenvalue weighted by molar-refractivity contribution is 0.340. The van der Waals surface area contributed by atoms with E-state index in [-0.39, 0.29) is 0 Å². The molecule has 1 N–H and O–H groups in total. The number of aromatic nitrogens is 3. The molecule has 1 heterocycles. The third kappa shape index (κ3) is 4.00. The van der Waals surface area contributed by atoms with E-state index in [0.29, 0.717) is 17.2 Å². The molecule has 1 aromatic heterocycles. The lowest BCUT2D eigenvalue weighted by Gasteiger charge is -2.11. The van der Waals surface area contributed by atoms with E-state index in [9.17, 15) is 0 Å². The maximum atomic E-state index is 5.56. The minimum Gasteiger partial charge on any atom is -0.494 e. The quantitative estimate of drug-likeness (QED) is 0.529. The number of ether oxygens (including phenoxy) is 1. The lowest BCUT2D eigenvalue weighted by atomic mass is 10.2. The number of anilines is 1. The summed E-state index contributed by atoms with van der Waals surface area (Å²) in [5.41, 5.74) is 2.99. The van der Waals surface area contributed by atoms with Gasteiger partial charge < -0.3 is 9.64 Å². The Labute approximate surface area is 157 Å². The predicted octanol–water partition coefficient (Wildman–Crippen LogP) is 3.95. The Morgan fingerprint density at radius 3 is 2.69 bits per heavy atom. The van der Waals surface area contributed by atoms with Crippen molar-refractivity contribution in [2.24, 2.45) is 5.10 Å². The van der Waals surface area contributed by atoms with E-state index < -0.39 is 0 Å². The Balaban J connectivity index is 1.91. The van der Waals surface area contributed by atoms with Crippen LogP contribution >= 0.6 is 12.2 Å². The predicted molar refractivity (Wildman–Crippen MR) is 108 cm³/mol. The first-order valence-corrected chi connectivity index (χ1v) is 8.71. The fourth-order valence-corrected chi connectivity index (χ4v) is 2.64. The summed E-state index contributed by atoms with van der Waals surface area (Å²) in [6.45, 7) is 2.56. The summed E-state index contributed by atoms with van der Waals surface area (Å²) < 4.78 is 7.60. The van der Waals surface area contributed by atoms with Crippen LogP contribution in [0.25, 0.3) is 11.4 Å². The topological polar surface area (TPSA) is 58.4 Å². The minimum atomic E-state index is 0.433. The number of hydrogen-bond donors (Lipinski definition) is 1. The zero-order chi connectivity index (χ0) is 18.5. The monoisotopic (exact) mass is 367 g/mol. The number of nitrogens with zero attached hydrogens (tertiary/aromatic N) is 4. The van der Waals surface area contributed by atoms with Crippen molar-refractivity contribution < 1.29 is 4.74 Å². The zero-order valence-electron chi connectivity index (χ0n) is 15.0. The Kier molecular flexibility index (Phi) is 5.48. The van der Waals surface area contributed by atoms with Gasteiger partial charge in [-0.2, -0.15) is 14.9 Å². The fraction of sp³-hybridized carbons (Fsp3) is 0.211. The summed E-state index contributed by atoms with van der Waals surface area (Å²) in [5.74, 6) is 1.42. The van der Waals surface area contributed by atoms with Crippen molar-refractivity contribution in [1.82, 2.24) is 14.9 Å². The maximum absolute atomic E-state index is 5.56. The van der Waals surface area contributed by atoms with Gasteiger partial charge in [0.15, 0.2) is 5.82 Å². The van der Waals surface area contributed by atoms with Crippen LogP contribution in [0.2, 0.25) is 0 Å². The molecular weight excluding hydrogens is 346 g/mol. The molecule has 134 valence electrons. The molecule has 0 unspecified atom stereocenters. The van der Waals surface area contributed by atoms with Gasteiger partial charge in [-0.15, -0.1) is 0 Å². The molecule has 0 saturated heterocycles. The van der Waals surface area contributed by atoms with Gasteiger partial charge in [-0.1, -0.05) is 24.3 Å². The number of rotatable bonds is 6. The summed E-state index contributed by atoms with van der Waals surface area (Å²) in [6.07, 6.45) is 1.76. The SMILES string of the molecule is CCOc1cccc(-c2n[nH]c(=S)n2N=Cc2ccc(N(C)C)cc2)c1. The molecule has 3 aromatic rings. The van der Waals surface area contributed by atoms with E-state index in [1.165, 1.54) is 0 Å². The van der Waals surface area contributed by atoms with E-state index in [0.717, 1.165) is 22.6 Å². The molecule has 7 heteroatoms. The van der Waals surface area contributed by atoms with Gasteiger partial charge in [0.05, 0.1) is 12.8 Å². The van der Waals surface area contributed by atoms with Gasteiger partial charge in [0, 0.05) is 25.3 Å². The molecule has 0 aliphatic rings. The first-order chi connectivity index (χ1) is 12.6. The smallest absolute Gasteiger partial charge is 0.216 e. The molecule has 0 saturated carbocycles. The molecule has 26 heavy (non-hydrogen) atoms. The van der Waals surface area contributed by atoms with Crippen LogP contribution in [-0.2, 0) is 0 Å². The highest BCUT2D eigenvalue weighted by atomic mass is 32.1. The highest BCUT2D eigenvalue weighted by molar-refractivity contribution is 7.71. The molecule has 0 aliphatic heterocycles. The second kappa shape index (κ2) is 7.97. The first kappa shape index (κ1) is 17.9. The molecule has 6 nitrogen and oxygen atoms in total. The number of benzene rings is 2. The highest BCUT2D eigenvalue weighted by Gasteiger charge is 2.09. The van der Waals surface area contributed by atoms with Gasteiger partial charge in [-0.05, 0) is 49.0 Å². The van der Waals surface area contributed by atoms with E-state index >= 15 is 0 Å². The second-order valence-corrected chi connectivity index (χ2v) is 6.24. The van der Waals surface area contributed by atoms with E-state index in [1.54, 1.807) is 10.9 Å². The van der Waals surface area contributed by atoms with Crippen molar-refractivity contribution in [3.05, 3.63) is 58.9 Å². The van der Waals surface area contributed by atoms with Crippen molar-refractivity contribution in [3.8, 4) is 17.1 Å². The Morgan fingerprint density at radius 1 is 1.23 bits per heavy atom. The van der Waals surface area contributed by atoms with E-state index in [4.69, 9.17) is 17.0 Å². The maximum Gasteiger partial charge on any atom is 0.216 e. The van der Waals surface area contributed by atoms with Crippen molar-refractivity contribution in [2.75, 3.05) is 25.6 Å². The van der Waals surface area contributed by atoms with Crippen LogP contribution in [-0.4, -0.2) is 41.8 Å². The number of nitrogens with one attached hydrogen (secondary N) is 1. The fourth-order valence-electron chi connectivity index (χ4n) is 2.46. The van der Waals surface area contributed by atoms with Gasteiger partial charge in [-0.3, -0.25) is 0 Å². The first-order valence-electron chi connectivity index (χ1n) is 8.31. The molecule has 0 radical (unpaired) electrons. The third-order valence-electron chi connectivity index (χ3n) is 3.79. The van der Waals surface area contributed by atoms with Gasteiger partial charge in [0.1, 0.15) is 5.75 Å². The van der Waals surface area contributed by atoms with Crippen LogP contribution in [0.3, 0.4) is 0 Å². The second-order valence-electron chi connectivity index (χ2n) is 5.86. The van der Waals surface area contributed by atoms with Crippen LogP contribution in [0.1, 0.15) is 12.5 Å². The Bertz CT molecular complexity index is 957. The summed E-state index contributed by atoms with van der Waals surface area (Å²) in [4.78, 5) is 2.05. The summed E-state index contributed by atoms with van der Waals surface area (Å²) >= 11 is 5.32. The zero-order valence-corrected chi connectivity index (χ0v) is 15.8. The van der Waals surface area contributed by atoms with Crippen molar-refractivity contribution >= 4 is 24.1 Å². The van der Waals surface area contributed by atoms with E-state index in [1.807, 2.05) is 69.6 Å². The van der Waals surface area contributed by atoms with Crippen LogP contribution in [0.4, 0.5) is 5.69 Å².